The lowest BCUT2D eigenvalue weighted by Gasteiger charge is -2.10. The second-order valence-electron chi connectivity index (χ2n) is 6.38. The fourth-order valence-corrected chi connectivity index (χ4v) is 2.95. The summed E-state index contributed by atoms with van der Waals surface area (Å²) in [6, 6.07) is 21.9. The van der Waals surface area contributed by atoms with E-state index in [9.17, 15) is 9.59 Å². The first-order chi connectivity index (χ1) is 14.2. The van der Waals surface area contributed by atoms with Crippen LogP contribution in [0.1, 0.15) is 15.9 Å². The van der Waals surface area contributed by atoms with E-state index in [1.54, 1.807) is 24.5 Å². The fraction of sp³-hybridized carbons (Fsp3) is 0.0870. The Balaban J connectivity index is 1.48. The third-order valence-electron chi connectivity index (χ3n) is 4.37. The summed E-state index contributed by atoms with van der Waals surface area (Å²) < 4.78 is 10.6. The Bertz CT molecular complexity index is 1140. The number of fused-ring (bicyclic) bond motifs is 1. The summed E-state index contributed by atoms with van der Waals surface area (Å²) in [5, 5.41) is 3.32. The zero-order valence-corrected chi connectivity index (χ0v) is 15.5. The number of amides is 1. The molecule has 0 aliphatic heterocycles. The molecule has 1 N–H and O–H groups in total. The summed E-state index contributed by atoms with van der Waals surface area (Å²) in [5.41, 5.74) is 2.51. The Morgan fingerprint density at radius 3 is 2.55 bits per heavy atom. The molecule has 0 fully saturated rings. The van der Waals surface area contributed by atoms with Gasteiger partial charge in [0.1, 0.15) is 18.8 Å². The number of furan rings is 1. The number of carbonyl (C=O) groups is 2. The minimum Gasteiger partial charge on any atom is -0.463 e. The largest absolute Gasteiger partial charge is 0.463 e. The number of nitrogens with zero attached hydrogens (tertiary/aromatic N) is 1. The van der Waals surface area contributed by atoms with Gasteiger partial charge in [0.25, 0.3) is 5.91 Å². The number of nitrogens with one attached hydrogen (secondary N) is 1. The molecule has 0 aliphatic carbocycles. The molecule has 0 atom stereocenters. The summed E-state index contributed by atoms with van der Waals surface area (Å²) in [6.07, 6.45) is 1.55. The van der Waals surface area contributed by atoms with Gasteiger partial charge in [-0.1, -0.05) is 48.5 Å². The van der Waals surface area contributed by atoms with Crippen LogP contribution < -0.4 is 5.32 Å². The van der Waals surface area contributed by atoms with Gasteiger partial charge in [-0.2, -0.15) is 0 Å². The average molecular weight is 386 g/mol. The zero-order chi connectivity index (χ0) is 20.1. The predicted molar refractivity (Wildman–Crippen MR) is 108 cm³/mol. The van der Waals surface area contributed by atoms with Crippen molar-refractivity contribution in [1.82, 2.24) is 10.3 Å². The highest BCUT2D eigenvalue weighted by Crippen LogP contribution is 2.25. The number of aromatic nitrogens is 1. The van der Waals surface area contributed by atoms with Crippen molar-refractivity contribution in [2.45, 2.75) is 6.61 Å². The number of rotatable bonds is 6. The van der Waals surface area contributed by atoms with E-state index in [1.165, 1.54) is 0 Å². The van der Waals surface area contributed by atoms with Crippen LogP contribution in [0.25, 0.3) is 22.4 Å². The third kappa shape index (κ3) is 4.32. The molecule has 0 saturated carbocycles. The highest BCUT2D eigenvalue weighted by Gasteiger charge is 2.16. The number of hydrogen-bond donors (Lipinski definition) is 1. The molecule has 6 heteroatoms. The molecule has 4 aromatic rings. The number of esters is 1. The molecule has 1 amide bonds. The van der Waals surface area contributed by atoms with E-state index in [-0.39, 0.29) is 19.1 Å². The summed E-state index contributed by atoms with van der Waals surface area (Å²) in [6.45, 7) is -0.0607. The second kappa shape index (κ2) is 8.39. The monoisotopic (exact) mass is 386 g/mol. The molecule has 0 bridgehead atoms. The Kier molecular flexibility index (Phi) is 5.33. The molecule has 2 aromatic carbocycles. The third-order valence-corrected chi connectivity index (χ3v) is 4.37. The van der Waals surface area contributed by atoms with Crippen molar-refractivity contribution in [2.24, 2.45) is 0 Å². The fourth-order valence-electron chi connectivity index (χ4n) is 2.95. The Labute approximate surface area is 167 Å². The number of pyridine rings is 1. The Morgan fingerprint density at radius 2 is 1.76 bits per heavy atom. The van der Waals surface area contributed by atoms with E-state index in [0.717, 1.165) is 5.56 Å². The molecular weight excluding hydrogens is 368 g/mol. The summed E-state index contributed by atoms with van der Waals surface area (Å²) in [5.74, 6) is -0.327. The van der Waals surface area contributed by atoms with Crippen LogP contribution in [-0.2, 0) is 16.1 Å². The van der Waals surface area contributed by atoms with Crippen molar-refractivity contribution >= 4 is 22.8 Å². The van der Waals surface area contributed by atoms with Crippen molar-refractivity contribution in [1.29, 1.82) is 0 Å². The van der Waals surface area contributed by atoms with Crippen LogP contribution in [0.15, 0.2) is 83.5 Å². The summed E-state index contributed by atoms with van der Waals surface area (Å²) in [4.78, 5) is 29.3. The maximum absolute atomic E-state index is 12.8. The van der Waals surface area contributed by atoms with Crippen LogP contribution in [0.4, 0.5) is 0 Å². The van der Waals surface area contributed by atoms with Crippen molar-refractivity contribution in [2.75, 3.05) is 6.54 Å². The number of benzene rings is 2. The SMILES string of the molecule is O=C(CNC(=O)c1cc(-c2ccco2)nc2ccccc12)OCc1ccccc1. The molecule has 29 heavy (non-hydrogen) atoms. The highest BCUT2D eigenvalue weighted by molar-refractivity contribution is 6.07. The van der Waals surface area contributed by atoms with Crippen molar-refractivity contribution in [3.8, 4) is 11.5 Å². The maximum Gasteiger partial charge on any atom is 0.325 e. The predicted octanol–water partition coefficient (Wildman–Crippen LogP) is 3.97. The van der Waals surface area contributed by atoms with Gasteiger partial charge in [0, 0.05) is 5.39 Å². The lowest BCUT2D eigenvalue weighted by molar-refractivity contribution is -0.143. The molecule has 0 aliphatic rings. The maximum atomic E-state index is 12.8. The summed E-state index contributed by atoms with van der Waals surface area (Å²) in [7, 11) is 0. The minimum atomic E-state index is -0.508. The standard InChI is InChI=1S/C23H18N2O4/c26-22(29-15-16-7-2-1-3-8-16)14-24-23(27)18-13-20(21-11-6-12-28-21)25-19-10-5-4-9-17(18)19/h1-13H,14-15H2,(H,24,27). The summed E-state index contributed by atoms with van der Waals surface area (Å²) >= 11 is 0. The van der Waals surface area contributed by atoms with Gasteiger partial charge in [-0.05, 0) is 29.8 Å². The van der Waals surface area contributed by atoms with Gasteiger partial charge in [0.15, 0.2) is 5.76 Å². The van der Waals surface area contributed by atoms with E-state index >= 15 is 0 Å². The van der Waals surface area contributed by atoms with Crippen LogP contribution in [0.2, 0.25) is 0 Å². The van der Waals surface area contributed by atoms with Crippen LogP contribution >= 0.6 is 0 Å². The molecule has 6 nitrogen and oxygen atoms in total. The normalized spacial score (nSPS) is 10.6. The molecule has 144 valence electrons. The molecule has 4 rings (SSSR count). The molecule has 2 heterocycles. The Morgan fingerprint density at radius 1 is 0.966 bits per heavy atom. The van der Waals surface area contributed by atoms with Crippen LogP contribution in [-0.4, -0.2) is 23.4 Å². The highest BCUT2D eigenvalue weighted by atomic mass is 16.5. The molecule has 0 saturated heterocycles. The second-order valence-corrected chi connectivity index (χ2v) is 6.38. The molecule has 0 spiro atoms. The van der Waals surface area contributed by atoms with E-state index in [1.807, 2.05) is 54.6 Å². The quantitative estimate of drug-likeness (QED) is 0.507. The van der Waals surface area contributed by atoms with Crippen molar-refractivity contribution < 1.29 is 18.7 Å². The topological polar surface area (TPSA) is 81.4 Å². The molecular formula is C23H18N2O4. The van der Waals surface area contributed by atoms with E-state index < -0.39 is 5.97 Å². The first kappa shape index (κ1) is 18.4. The van der Waals surface area contributed by atoms with Crippen molar-refractivity contribution in [3.05, 3.63) is 90.2 Å². The Hall–Kier alpha value is -3.93. The molecule has 0 radical (unpaired) electrons. The lowest BCUT2D eigenvalue weighted by Crippen LogP contribution is -2.30. The zero-order valence-electron chi connectivity index (χ0n) is 15.5. The number of carbonyl (C=O) groups excluding carboxylic acids is 2. The van der Waals surface area contributed by atoms with E-state index in [4.69, 9.17) is 9.15 Å². The van der Waals surface area contributed by atoms with Gasteiger partial charge in [0.2, 0.25) is 0 Å². The number of hydrogen-bond acceptors (Lipinski definition) is 5. The van der Waals surface area contributed by atoms with Gasteiger partial charge in [-0.3, -0.25) is 9.59 Å². The van der Waals surface area contributed by atoms with Crippen molar-refractivity contribution in [3.63, 3.8) is 0 Å². The minimum absolute atomic E-state index is 0.163. The van der Waals surface area contributed by atoms with Crippen LogP contribution in [0.3, 0.4) is 0 Å². The molecule has 2 aromatic heterocycles. The van der Waals surface area contributed by atoms with Gasteiger partial charge in [-0.15, -0.1) is 0 Å². The number of ether oxygens (including phenoxy) is 1. The first-order valence-corrected chi connectivity index (χ1v) is 9.12. The first-order valence-electron chi connectivity index (χ1n) is 9.12. The van der Waals surface area contributed by atoms with Gasteiger partial charge < -0.3 is 14.5 Å². The van der Waals surface area contributed by atoms with Gasteiger partial charge >= 0.3 is 5.97 Å². The van der Waals surface area contributed by atoms with Crippen LogP contribution in [0, 0.1) is 0 Å². The smallest absolute Gasteiger partial charge is 0.325 e. The lowest BCUT2D eigenvalue weighted by atomic mass is 10.1. The van der Waals surface area contributed by atoms with Gasteiger partial charge in [-0.25, -0.2) is 4.98 Å². The van der Waals surface area contributed by atoms with Crippen LogP contribution in [0.5, 0.6) is 0 Å². The molecule has 0 unspecified atom stereocenters. The van der Waals surface area contributed by atoms with E-state index in [2.05, 4.69) is 10.3 Å². The average Bonchev–Trinajstić information content (AvgIpc) is 3.31. The van der Waals surface area contributed by atoms with E-state index in [0.29, 0.717) is 27.9 Å². The number of para-hydroxylation sites is 1. The van der Waals surface area contributed by atoms with Gasteiger partial charge in [0.05, 0.1) is 17.3 Å².